The Morgan fingerprint density at radius 2 is 2.22 bits per heavy atom. The number of carbonyl (C=O) groups is 1. The Bertz CT molecular complexity index is 969. The first-order valence-corrected chi connectivity index (χ1v) is 11.1. The lowest BCUT2D eigenvalue weighted by atomic mass is 10.2. The van der Waals surface area contributed by atoms with Crippen LogP contribution in [0.4, 0.5) is 5.82 Å². The number of rotatable bonds is 8. The summed E-state index contributed by atoms with van der Waals surface area (Å²) in [5, 5.41) is 12.9. The van der Waals surface area contributed by atoms with Crippen molar-refractivity contribution in [2.75, 3.05) is 38.3 Å². The maximum atomic E-state index is 12.5. The summed E-state index contributed by atoms with van der Waals surface area (Å²) in [5.74, 6) is 1.82. The highest BCUT2D eigenvalue weighted by Gasteiger charge is 2.25. The molecule has 1 fully saturated rings. The average Bonchev–Trinajstić information content (AvgIpc) is 3.42. The lowest BCUT2D eigenvalue weighted by Crippen LogP contribution is -2.41. The molecule has 1 aliphatic heterocycles. The Labute approximate surface area is 188 Å². The van der Waals surface area contributed by atoms with E-state index in [4.69, 9.17) is 19.4 Å². The highest BCUT2D eigenvalue weighted by Crippen LogP contribution is 2.31. The predicted octanol–water partition coefficient (Wildman–Crippen LogP) is 1.52. The number of hydrogen-bond donors (Lipinski definition) is 2. The first kappa shape index (κ1) is 22.4. The molecule has 9 nitrogen and oxygen atoms in total. The summed E-state index contributed by atoms with van der Waals surface area (Å²) in [6, 6.07) is 3.60. The summed E-state index contributed by atoms with van der Waals surface area (Å²) in [7, 11) is 1.88. The number of anilines is 1. The Morgan fingerprint density at radius 3 is 2.97 bits per heavy atom. The lowest BCUT2D eigenvalue weighted by molar-refractivity contribution is -0.120. The Balaban J connectivity index is 1.55. The Hall–Kier alpha value is -2.78. The van der Waals surface area contributed by atoms with E-state index >= 15 is 0 Å². The molecule has 1 saturated heterocycles. The average molecular weight is 442 g/mol. The van der Waals surface area contributed by atoms with Gasteiger partial charge < -0.3 is 24.8 Å². The zero-order valence-corrected chi connectivity index (χ0v) is 18.9. The largest absolute Gasteiger partial charge is 0.490 e. The Kier molecular flexibility index (Phi) is 6.57. The minimum absolute atomic E-state index is 0.0463. The van der Waals surface area contributed by atoms with Crippen molar-refractivity contribution in [2.45, 2.75) is 51.2 Å². The zero-order valence-electron chi connectivity index (χ0n) is 18.9. The van der Waals surface area contributed by atoms with Gasteiger partial charge in [-0.3, -0.25) is 9.78 Å². The fourth-order valence-electron chi connectivity index (χ4n) is 3.94. The highest BCUT2D eigenvalue weighted by molar-refractivity contribution is 5.81. The SMILES string of the molecule is CN(CC(=O)N[C@@H]1CCOC1)c1nc(-c2cc(OCC(C)(C)O)ccn2)nc2c1CCC2. The van der Waals surface area contributed by atoms with E-state index in [-0.39, 0.29) is 25.1 Å². The van der Waals surface area contributed by atoms with Crippen molar-refractivity contribution in [3.8, 4) is 17.3 Å². The minimum atomic E-state index is -0.936. The monoisotopic (exact) mass is 441 g/mol. The molecule has 4 rings (SSSR count). The lowest BCUT2D eigenvalue weighted by Gasteiger charge is -2.22. The number of amides is 1. The van der Waals surface area contributed by atoms with Crippen LogP contribution in [0.2, 0.25) is 0 Å². The fourth-order valence-corrected chi connectivity index (χ4v) is 3.94. The van der Waals surface area contributed by atoms with Gasteiger partial charge in [0.2, 0.25) is 5.91 Å². The number of nitrogens with one attached hydrogen (secondary N) is 1. The molecule has 2 aliphatic rings. The van der Waals surface area contributed by atoms with Crippen LogP contribution in [0.15, 0.2) is 18.3 Å². The maximum Gasteiger partial charge on any atom is 0.239 e. The first-order chi connectivity index (χ1) is 15.3. The molecule has 32 heavy (non-hydrogen) atoms. The molecule has 0 spiro atoms. The molecule has 2 aromatic rings. The van der Waals surface area contributed by atoms with Gasteiger partial charge in [-0.2, -0.15) is 0 Å². The van der Waals surface area contributed by atoms with Crippen molar-refractivity contribution >= 4 is 11.7 Å². The number of nitrogens with zero attached hydrogens (tertiary/aromatic N) is 4. The van der Waals surface area contributed by atoms with Crippen LogP contribution in [0.1, 0.15) is 37.9 Å². The number of ether oxygens (including phenoxy) is 2. The van der Waals surface area contributed by atoms with Crippen molar-refractivity contribution in [1.29, 1.82) is 0 Å². The van der Waals surface area contributed by atoms with Crippen LogP contribution in [-0.4, -0.2) is 71.0 Å². The summed E-state index contributed by atoms with van der Waals surface area (Å²) >= 11 is 0. The number of aliphatic hydroxyl groups is 1. The van der Waals surface area contributed by atoms with E-state index < -0.39 is 5.60 Å². The third-order valence-electron chi connectivity index (χ3n) is 5.50. The second kappa shape index (κ2) is 9.38. The summed E-state index contributed by atoms with van der Waals surface area (Å²) < 4.78 is 11.0. The van der Waals surface area contributed by atoms with Gasteiger partial charge in [-0.15, -0.1) is 0 Å². The van der Waals surface area contributed by atoms with E-state index in [2.05, 4.69) is 10.3 Å². The number of aryl methyl sites for hydroxylation is 1. The first-order valence-electron chi connectivity index (χ1n) is 11.1. The van der Waals surface area contributed by atoms with Crippen LogP contribution in [0.3, 0.4) is 0 Å². The predicted molar refractivity (Wildman–Crippen MR) is 120 cm³/mol. The molecule has 0 aromatic carbocycles. The molecule has 0 unspecified atom stereocenters. The summed E-state index contributed by atoms with van der Waals surface area (Å²) in [6.45, 7) is 5.01. The number of carbonyl (C=O) groups excluding carboxylic acids is 1. The van der Waals surface area contributed by atoms with Gasteiger partial charge in [0.25, 0.3) is 0 Å². The molecule has 1 aliphatic carbocycles. The van der Waals surface area contributed by atoms with E-state index in [1.807, 2.05) is 11.9 Å². The van der Waals surface area contributed by atoms with Crippen LogP contribution >= 0.6 is 0 Å². The van der Waals surface area contributed by atoms with Crippen molar-refractivity contribution < 1.29 is 19.4 Å². The number of fused-ring (bicyclic) bond motifs is 1. The molecule has 0 bridgehead atoms. The number of hydrogen-bond acceptors (Lipinski definition) is 8. The van der Waals surface area contributed by atoms with Gasteiger partial charge in [0.15, 0.2) is 5.82 Å². The topological polar surface area (TPSA) is 110 Å². The van der Waals surface area contributed by atoms with Gasteiger partial charge in [0.1, 0.15) is 23.9 Å². The molecule has 2 N–H and O–H groups in total. The van der Waals surface area contributed by atoms with Crippen LogP contribution in [0.5, 0.6) is 5.75 Å². The van der Waals surface area contributed by atoms with Crippen LogP contribution in [0.25, 0.3) is 11.5 Å². The molecule has 0 radical (unpaired) electrons. The van der Waals surface area contributed by atoms with Crippen molar-refractivity contribution in [3.63, 3.8) is 0 Å². The zero-order chi connectivity index (χ0) is 22.7. The van der Waals surface area contributed by atoms with Crippen molar-refractivity contribution in [1.82, 2.24) is 20.3 Å². The quantitative estimate of drug-likeness (QED) is 0.635. The number of pyridine rings is 1. The van der Waals surface area contributed by atoms with E-state index in [1.165, 1.54) is 0 Å². The van der Waals surface area contributed by atoms with E-state index in [0.717, 1.165) is 42.8 Å². The van der Waals surface area contributed by atoms with E-state index in [1.54, 1.807) is 32.2 Å². The molecule has 172 valence electrons. The molecule has 2 aromatic heterocycles. The van der Waals surface area contributed by atoms with Crippen LogP contribution in [0, 0.1) is 0 Å². The molecule has 1 amide bonds. The maximum absolute atomic E-state index is 12.5. The Morgan fingerprint density at radius 1 is 1.38 bits per heavy atom. The van der Waals surface area contributed by atoms with Gasteiger partial charge in [-0.1, -0.05) is 0 Å². The van der Waals surface area contributed by atoms with Crippen molar-refractivity contribution in [2.24, 2.45) is 0 Å². The summed E-state index contributed by atoms with van der Waals surface area (Å²) in [5.41, 5.74) is 1.76. The third-order valence-corrected chi connectivity index (χ3v) is 5.50. The second-order valence-electron chi connectivity index (χ2n) is 9.11. The van der Waals surface area contributed by atoms with Gasteiger partial charge in [0.05, 0.1) is 24.8 Å². The van der Waals surface area contributed by atoms with Crippen LogP contribution in [-0.2, 0) is 22.4 Å². The standard InChI is InChI=1S/C23H31N5O4/c1-23(2,30)14-32-16-7-9-24-19(11-16)21-26-18-6-4-5-17(18)22(27-21)28(3)12-20(29)25-15-8-10-31-13-15/h7,9,11,15,30H,4-6,8,10,12-14H2,1-3H3,(H,25,29)/t15-/m1/s1. The van der Waals surface area contributed by atoms with Gasteiger partial charge in [0, 0.05) is 37.2 Å². The summed E-state index contributed by atoms with van der Waals surface area (Å²) in [6.07, 6.45) is 5.29. The highest BCUT2D eigenvalue weighted by atomic mass is 16.5. The second-order valence-corrected chi connectivity index (χ2v) is 9.11. The third kappa shape index (κ3) is 5.52. The normalized spacial score (nSPS) is 17.8. The fraction of sp³-hybridized carbons (Fsp3) is 0.565. The van der Waals surface area contributed by atoms with Crippen molar-refractivity contribution in [3.05, 3.63) is 29.6 Å². The van der Waals surface area contributed by atoms with Gasteiger partial charge in [-0.05, 0) is 45.6 Å². The molecule has 9 heteroatoms. The molecule has 0 saturated carbocycles. The summed E-state index contributed by atoms with van der Waals surface area (Å²) in [4.78, 5) is 28.4. The van der Waals surface area contributed by atoms with E-state index in [9.17, 15) is 9.90 Å². The molecule has 3 heterocycles. The molecule has 1 atom stereocenters. The van der Waals surface area contributed by atoms with E-state index in [0.29, 0.717) is 30.5 Å². The number of likely N-dealkylation sites (N-methyl/N-ethyl adjacent to an activating group) is 1. The number of aromatic nitrogens is 3. The molecular weight excluding hydrogens is 410 g/mol. The van der Waals surface area contributed by atoms with Gasteiger partial charge >= 0.3 is 0 Å². The van der Waals surface area contributed by atoms with Crippen LogP contribution < -0.4 is 15.0 Å². The molecular formula is C23H31N5O4. The van der Waals surface area contributed by atoms with Gasteiger partial charge in [-0.25, -0.2) is 9.97 Å². The minimum Gasteiger partial charge on any atom is -0.490 e. The smallest absolute Gasteiger partial charge is 0.239 e.